The van der Waals surface area contributed by atoms with Crippen molar-refractivity contribution in [3.8, 4) is 5.75 Å². The van der Waals surface area contributed by atoms with E-state index < -0.39 is 21.4 Å². The Morgan fingerprint density at radius 2 is 1.83 bits per heavy atom. The maximum Gasteiger partial charge on any atom is 0.360 e. The summed E-state index contributed by atoms with van der Waals surface area (Å²) >= 11 is 0. The van der Waals surface area contributed by atoms with Gasteiger partial charge in [0.2, 0.25) is 5.75 Å². The maximum absolute atomic E-state index is 13.6. The van der Waals surface area contributed by atoms with Crippen LogP contribution in [0.15, 0.2) is 47.4 Å². The lowest BCUT2D eigenvalue weighted by Crippen LogP contribution is -2.44. The minimum Gasteiger partial charge on any atom is -0.481 e. The van der Waals surface area contributed by atoms with Crippen LogP contribution < -0.4 is 20.5 Å². The first-order chi connectivity index (χ1) is 17.2. The van der Waals surface area contributed by atoms with Crippen LogP contribution in [0.1, 0.15) is 16.1 Å². The van der Waals surface area contributed by atoms with Gasteiger partial charge >= 0.3 is 11.5 Å². The molecule has 1 N–H and O–H groups in total. The van der Waals surface area contributed by atoms with Crippen LogP contribution in [0.3, 0.4) is 0 Å². The van der Waals surface area contributed by atoms with Gasteiger partial charge < -0.3 is 24.6 Å². The van der Waals surface area contributed by atoms with Crippen LogP contribution in [0, 0.1) is 0 Å². The van der Waals surface area contributed by atoms with E-state index in [1.165, 1.54) is 11.5 Å². The van der Waals surface area contributed by atoms with E-state index in [-0.39, 0.29) is 29.6 Å². The zero-order chi connectivity index (χ0) is 25.9. The number of sulfone groups is 1. The van der Waals surface area contributed by atoms with Gasteiger partial charge in [-0.05, 0) is 18.7 Å². The first-order valence-corrected chi connectivity index (χ1v) is 13.4. The van der Waals surface area contributed by atoms with Crippen LogP contribution in [0.5, 0.6) is 5.75 Å². The molecule has 3 heterocycles. The van der Waals surface area contributed by atoms with Gasteiger partial charge in [-0.2, -0.15) is 0 Å². The Kier molecular flexibility index (Phi) is 7.45. The second kappa shape index (κ2) is 10.5. The number of hydrogen-bond acceptors (Lipinski definition) is 10. The zero-order valence-electron chi connectivity index (χ0n) is 20.4. The van der Waals surface area contributed by atoms with Crippen molar-refractivity contribution in [2.75, 3.05) is 62.7 Å². The van der Waals surface area contributed by atoms with Crippen LogP contribution >= 0.6 is 0 Å². The fourth-order valence-electron chi connectivity index (χ4n) is 3.88. The van der Waals surface area contributed by atoms with Crippen LogP contribution in [-0.2, 0) is 21.2 Å². The van der Waals surface area contributed by atoms with E-state index in [0.29, 0.717) is 5.69 Å². The Labute approximate surface area is 209 Å². The lowest BCUT2D eigenvalue weighted by molar-refractivity contribution is 0.0588. The molecule has 0 radical (unpaired) electrons. The summed E-state index contributed by atoms with van der Waals surface area (Å²) in [7, 11) is -0.163. The third kappa shape index (κ3) is 5.77. The summed E-state index contributed by atoms with van der Waals surface area (Å²) in [6.45, 7) is 3.18. The number of anilines is 2. The topological polar surface area (TPSA) is 123 Å². The number of ether oxygens (including phenoxy) is 2. The van der Waals surface area contributed by atoms with Crippen molar-refractivity contribution in [3.63, 3.8) is 0 Å². The van der Waals surface area contributed by atoms with Crippen molar-refractivity contribution in [2.45, 2.75) is 6.61 Å². The number of rotatable bonds is 8. The number of aromatic nitrogens is 2. The second-order valence-corrected chi connectivity index (χ2v) is 10.8. The number of hydrogen-bond donors (Lipinski definition) is 1. The summed E-state index contributed by atoms with van der Waals surface area (Å²) in [4.78, 5) is 34.9. The molecular weight excluding hydrogens is 486 g/mol. The minimum absolute atomic E-state index is 0.0468. The molecule has 1 fully saturated rings. The predicted molar refractivity (Wildman–Crippen MR) is 137 cm³/mol. The van der Waals surface area contributed by atoms with E-state index in [2.05, 4.69) is 20.1 Å². The molecule has 0 amide bonds. The lowest BCUT2D eigenvalue weighted by atomic mass is 10.2. The van der Waals surface area contributed by atoms with Gasteiger partial charge in [0.25, 0.3) is 0 Å². The highest BCUT2D eigenvalue weighted by atomic mass is 32.2. The molecule has 1 saturated heterocycles. The Hall–Kier alpha value is -3.64. The molecule has 0 unspecified atom stereocenters. The summed E-state index contributed by atoms with van der Waals surface area (Å²) in [5, 5.41) is 2.86. The highest BCUT2D eigenvalue weighted by Gasteiger charge is 2.25. The number of nitrogens with one attached hydrogen (secondary N) is 1. The van der Waals surface area contributed by atoms with Gasteiger partial charge in [0.15, 0.2) is 21.2 Å². The Balaban J connectivity index is 1.86. The number of fused-ring (bicyclic) bond motifs is 1. The van der Waals surface area contributed by atoms with Crippen molar-refractivity contribution in [1.29, 1.82) is 0 Å². The molecule has 3 aromatic rings. The van der Waals surface area contributed by atoms with Gasteiger partial charge in [0.1, 0.15) is 12.5 Å². The van der Waals surface area contributed by atoms with E-state index in [1.54, 1.807) is 12.3 Å². The third-order valence-corrected chi connectivity index (χ3v) is 6.54. The van der Waals surface area contributed by atoms with E-state index in [4.69, 9.17) is 9.47 Å². The van der Waals surface area contributed by atoms with Crippen LogP contribution in [0.4, 0.5) is 11.4 Å². The molecule has 192 valence electrons. The summed E-state index contributed by atoms with van der Waals surface area (Å²) in [5.41, 5.74) is 1.03. The Bertz CT molecular complexity index is 1420. The van der Waals surface area contributed by atoms with E-state index in [0.717, 1.165) is 43.7 Å². The number of benzene rings is 1. The second-order valence-electron chi connectivity index (χ2n) is 8.70. The molecule has 12 heteroatoms. The first kappa shape index (κ1) is 25.5. The normalized spacial score (nSPS) is 14.6. The quantitative estimate of drug-likeness (QED) is 0.438. The number of esters is 1. The van der Waals surface area contributed by atoms with Crippen LogP contribution in [0.2, 0.25) is 0 Å². The average Bonchev–Trinajstić information content (AvgIpc) is 2.86. The van der Waals surface area contributed by atoms with Crippen molar-refractivity contribution in [2.24, 2.45) is 0 Å². The smallest absolute Gasteiger partial charge is 0.360 e. The van der Waals surface area contributed by atoms with Crippen LogP contribution in [-0.4, -0.2) is 81.1 Å². The fraction of sp³-hybridized carbons (Fsp3) is 0.375. The number of pyridine rings is 1. The molecular formula is C24H29N5O6S. The SMILES string of the molecule is COC(=O)c1nc2c(NCS(C)(=O)=O)cc(N3CCN(C)CC3)cn2c(=O)c1OCc1ccccc1. The number of nitrogens with zero attached hydrogens (tertiary/aromatic N) is 4. The number of carbonyl (C=O) groups excluding carboxylic acids is 1. The molecule has 0 spiro atoms. The van der Waals surface area contributed by atoms with Gasteiger partial charge in [-0.15, -0.1) is 0 Å². The molecule has 4 rings (SSSR count). The van der Waals surface area contributed by atoms with E-state index in [1.807, 2.05) is 37.4 Å². The molecule has 0 saturated carbocycles. The number of carbonyl (C=O) groups is 1. The summed E-state index contributed by atoms with van der Waals surface area (Å²) < 4.78 is 35.7. The number of likely N-dealkylation sites (N-methyl/N-ethyl adjacent to an activating group) is 1. The minimum atomic E-state index is -3.39. The molecule has 0 aliphatic carbocycles. The summed E-state index contributed by atoms with van der Waals surface area (Å²) in [6.07, 6.45) is 2.74. The van der Waals surface area contributed by atoms with Gasteiger partial charge in [-0.3, -0.25) is 9.20 Å². The fourth-order valence-corrected chi connectivity index (χ4v) is 4.30. The molecule has 36 heavy (non-hydrogen) atoms. The molecule has 0 atom stereocenters. The molecule has 0 bridgehead atoms. The molecule has 2 aromatic heterocycles. The van der Waals surface area contributed by atoms with Gasteiger partial charge in [-0.25, -0.2) is 18.2 Å². The number of methoxy groups -OCH3 is 1. The monoisotopic (exact) mass is 515 g/mol. The van der Waals surface area contributed by atoms with Gasteiger partial charge in [0, 0.05) is 38.6 Å². The Morgan fingerprint density at radius 1 is 1.14 bits per heavy atom. The van der Waals surface area contributed by atoms with Crippen molar-refractivity contribution in [1.82, 2.24) is 14.3 Å². The summed E-state index contributed by atoms with van der Waals surface area (Å²) in [6, 6.07) is 11.0. The lowest BCUT2D eigenvalue weighted by Gasteiger charge is -2.34. The first-order valence-electron chi connectivity index (χ1n) is 11.4. The standard InChI is InChI=1S/C24H29N5O6S/c1-27-9-11-28(12-10-27)18-13-19(25-16-36(3,32)33)22-26-20(24(31)34-2)21(23(30)29(22)14-18)35-15-17-7-5-4-6-8-17/h4-8,13-14,25H,9-12,15-16H2,1-3H3. The van der Waals surface area contributed by atoms with Gasteiger partial charge in [-0.1, -0.05) is 30.3 Å². The molecule has 11 nitrogen and oxygen atoms in total. The number of piperazine rings is 1. The van der Waals surface area contributed by atoms with E-state index in [9.17, 15) is 18.0 Å². The van der Waals surface area contributed by atoms with Crippen molar-refractivity contribution < 1.29 is 22.7 Å². The maximum atomic E-state index is 13.6. The average molecular weight is 516 g/mol. The Morgan fingerprint density at radius 3 is 2.47 bits per heavy atom. The molecule has 1 aliphatic rings. The van der Waals surface area contributed by atoms with E-state index >= 15 is 0 Å². The van der Waals surface area contributed by atoms with Crippen LogP contribution in [0.25, 0.3) is 5.65 Å². The summed E-state index contributed by atoms with van der Waals surface area (Å²) in [5.74, 6) is -1.45. The van der Waals surface area contributed by atoms with Gasteiger partial charge in [0.05, 0.1) is 18.5 Å². The third-order valence-electron chi connectivity index (χ3n) is 5.87. The van der Waals surface area contributed by atoms with Crippen molar-refractivity contribution >= 4 is 32.8 Å². The highest BCUT2D eigenvalue weighted by molar-refractivity contribution is 7.90. The molecule has 1 aromatic carbocycles. The predicted octanol–water partition coefficient (Wildman–Crippen LogP) is 1.23. The van der Waals surface area contributed by atoms with Crippen molar-refractivity contribution in [3.05, 3.63) is 64.2 Å². The largest absolute Gasteiger partial charge is 0.481 e. The highest BCUT2D eigenvalue weighted by Crippen LogP contribution is 2.26. The zero-order valence-corrected chi connectivity index (χ0v) is 21.2. The molecule has 1 aliphatic heterocycles.